The second-order valence-electron chi connectivity index (χ2n) is 10.2. The summed E-state index contributed by atoms with van der Waals surface area (Å²) in [5.41, 5.74) is 1.04. The van der Waals surface area contributed by atoms with Gasteiger partial charge in [-0.05, 0) is 69.3 Å². The van der Waals surface area contributed by atoms with Gasteiger partial charge in [-0.1, -0.05) is 0 Å². The Balaban J connectivity index is 1.26. The van der Waals surface area contributed by atoms with E-state index >= 15 is 0 Å². The molecule has 9 heteroatoms. The third-order valence-electron chi connectivity index (χ3n) is 7.62. The number of carbonyl (C=O) groups excluding carboxylic acids is 1. The quantitative estimate of drug-likeness (QED) is 0.766. The predicted molar refractivity (Wildman–Crippen MR) is 117 cm³/mol. The van der Waals surface area contributed by atoms with Crippen LogP contribution < -0.4 is 10.1 Å². The Bertz CT molecular complexity index is 995. The number of nitrogens with zero attached hydrogens (tertiary/aromatic N) is 5. The number of carbonyl (C=O) groups is 1. The normalized spacial score (nSPS) is 30.8. The molecule has 0 aromatic carbocycles. The number of ether oxygens (including phenoxy) is 2. The summed E-state index contributed by atoms with van der Waals surface area (Å²) in [4.78, 5) is 22.7. The van der Waals surface area contributed by atoms with Gasteiger partial charge in [0.1, 0.15) is 11.9 Å². The molecule has 0 atom stereocenters. The Morgan fingerprint density at radius 2 is 1.81 bits per heavy atom. The summed E-state index contributed by atoms with van der Waals surface area (Å²) in [5, 5.41) is 8.32. The summed E-state index contributed by atoms with van der Waals surface area (Å²) < 4.78 is 12.6. The number of hydrogen-bond acceptors (Lipinski definition) is 7. The molecule has 5 fully saturated rings. The highest BCUT2D eigenvalue weighted by Gasteiger charge is 2.51. The summed E-state index contributed by atoms with van der Waals surface area (Å²) in [6, 6.07) is 3.84. The Hall–Kier alpha value is -2.84. The first-order valence-corrected chi connectivity index (χ1v) is 11.7. The van der Waals surface area contributed by atoms with Crippen LogP contribution in [0, 0.1) is 24.7 Å². The highest BCUT2D eigenvalue weighted by atomic mass is 16.5. The molecule has 170 valence electrons. The lowest BCUT2D eigenvalue weighted by Crippen LogP contribution is -2.56. The van der Waals surface area contributed by atoms with Crippen molar-refractivity contribution in [1.82, 2.24) is 24.6 Å². The van der Waals surface area contributed by atoms with E-state index in [9.17, 15) is 4.79 Å². The Kier molecular flexibility index (Phi) is 4.55. The lowest BCUT2D eigenvalue weighted by molar-refractivity contribution is 0.0102. The van der Waals surface area contributed by atoms with Gasteiger partial charge in [0.25, 0.3) is 5.95 Å². The average Bonchev–Trinajstić information content (AvgIpc) is 3.15. The van der Waals surface area contributed by atoms with Crippen LogP contribution in [0.15, 0.2) is 18.3 Å². The average molecular weight is 439 g/mol. The minimum Gasteiger partial charge on any atom is -0.470 e. The monoisotopic (exact) mass is 438 g/mol. The number of nitrogens with one attached hydrogen (secondary N) is 1. The highest BCUT2D eigenvalue weighted by Crippen LogP contribution is 2.56. The van der Waals surface area contributed by atoms with Crippen LogP contribution >= 0.6 is 0 Å². The highest BCUT2D eigenvalue weighted by molar-refractivity contribution is 5.68. The van der Waals surface area contributed by atoms with Crippen molar-refractivity contribution < 1.29 is 14.3 Å². The molecule has 3 heterocycles. The first-order valence-electron chi connectivity index (χ1n) is 11.7. The molecule has 2 aromatic heterocycles. The van der Waals surface area contributed by atoms with Gasteiger partial charge in [-0.2, -0.15) is 15.1 Å². The molecule has 32 heavy (non-hydrogen) atoms. The molecular formula is C23H30N6O3. The topological polar surface area (TPSA) is 94.4 Å². The van der Waals surface area contributed by atoms with Gasteiger partial charge in [0.05, 0.1) is 25.9 Å². The van der Waals surface area contributed by atoms with E-state index in [1.54, 1.807) is 9.58 Å². The van der Waals surface area contributed by atoms with E-state index in [1.807, 2.05) is 25.3 Å². The van der Waals surface area contributed by atoms with Gasteiger partial charge in [0, 0.05) is 17.8 Å². The van der Waals surface area contributed by atoms with Crippen molar-refractivity contribution in [3.8, 4) is 11.8 Å². The maximum Gasteiger partial charge on any atom is 0.409 e. The molecule has 7 rings (SSSR count). The smallest absolute Gasteiger partial charge is 0.409 e. The van der Waals surface area contributed by atoms with Crippen molar-refractivity contribution in [2.24, 2.45) is 17.8 Å². The van der Waals surface area contributed by atoms with Gasteiger partial charge >= 0.3 is 6.09 Å². The van der Waals surface area contributed by atoms with E-state index in [2.05, 4.69) is 15.4 Å². The number of amides is 1. The van der Waals surface area contributed by atoms with Crippen LogP contribution in [0.4, 0.5) is 10.6 Å². The number of rotatable bonds is 5. The zero-order valence-electron chi connectivity index (χ0n) is 18.7. The number of methoxy groups -OCH3 is 1. The lowest BCUT2D eigenvalue weighted by atomic mass is 9.53. The van der Waals surface area contributed by atoms with Crippen LogP contribution in [-0.4, -0.2) is 62.6 Å². The van der Waals surface area contributed by atoms with Gasteiger partial charge in [0.15, 0.2) is 0 Å². The summed E-state index contributed by atoms with van der Waals surface area (Å²) >= 11 is 0. The van der Waals surface area contributed by atoms with Crippen LogP contribution in [0.25, 0.3) is 5.95 Å². The third kappa shape index (κ3) is 3.57. The van der Waals surface area contributed by atoms with Crippen molar-refractivity contribution in [2.75, 3.05) is 25.5 Å². The van der Waals surface area contributed by atoms with Crippen LogP contribution in [0.1, 0.15) is 44.2 Å². The SMILES string of the molecule is COC(=O)N1CC(Oc2cc(NC34CC5CC(CC(C5)C3)C4)nc(-n3ccc(C)n3)n2)C1. The molecule has 4 bridgehead atoms. The van der Waals surface area contributed by atoms with Crippen LogP contribution in [0.3, 0.4) is 0 Å². The van der Waals surface area contributed by atoms with Crippen molar-refractivity contribution in [3.05, 3.63) is 24.0 Å². The minimum atomic E-state index is -0.329. The van der Waals surface area contributed by atoms with E-state index in [0.717, 1.165) is 29.3 Å². The summed E-state index contributed by atoms with van der Waals surface area (Å²) in [7, 11) is 1.39. The summed E-state index contributed by atoms with van der Waals surface area (Å²) in [6.07, 6.45) is 9.31. The van der Waals surface area contributed by atoms with E-state index in [0.29, 0.717) is 24.9 Å². The van der Waals surface area contributed by atoms with Crippen molar-refractivity contribution in [1.29, 1.82) is 0 Å². The fourth-order valence-corrected chi connectivity index (χ4v) is 6.66. The number of aromatic nitrogens is 4. The van der Waals surface area contributed by atoms with Crippen molar-refractivity contribution >= 4 is 11.9 Å². The number of anilines is 1. The minimum absolute atomic E-state index is 0.108. The van der Waals surface area contributed by atoms with Crippen LogP contribution in [-0.2, 0) is 4.74 Å². The van der Waals surface area contributed by atoms with Crippen LogP contribution in [0.2, 0.25) is 0 Å². The molecule has 1 saturated heterocycles. The maximum atomic E-state index is 11.6. The zero-order chi connectivity index (χ0) is 21.9. The zero-order valence-corrected chi connectivity index (χ0v) is 18.7. The molecule has 0 radical (unpaired) electrons. The maximum absolute atomic E-state index is 11.6. The predicted octanol–water partition coefficient (Wildman–Crippen LogP) is 3.18. The molecule has 5 aliphatic rings. The lowest BCUT2D eigenvalue weighted by Gasteiger charge is -2.57. The molecule has 1 amide bonds. The van der Waals surface area contributed by atoms with E-state index in [-0.39, 0.29) is 17.7 Å². The van der Waals surface area contributed by atoms with Gasteiger partial charge < -0.3 is 19.7 Å². The molecule has 4 aliphatic carbocycles. The fourth-order valence-electron chi connectivity index (χ4n) is 6.66. The number of hydrogen-bond donors (Lipinski definition) is 1. The van der Waals surface area contributed by atoms with Gasteiger partial charge in [-0.25, -0.2) is 9.48 Å². The first-order chi connectivity index (χ1) is 15.5. The van der Waals surface area contributed by atoms with E-state index in [4.69, 9.17) is 14.5 Å². The van der Waals surface area contributed by atoms with Gasteiger partial charge in [0.2, 0.25) is 5.88 Å². The standard InChI is InChI=1S/C23H30N6O3/c1-14-3-4-29(27-14)21-24-19(8-20(25-21)32-18-12-28(13-18)22(30)31-2)26-23-9-15-5-16(10-23)7-17(6-15)11-23/h3-4,8,15-18H,5-7,9-13H2,1-2H3,(H,24,25,26). The molecule has 1 N–H and O–H groups in total. The largest absolute Gasteiger partial charge is 0.470 e. The second-order valence-corrected chi connectivity index (χ2v) is 10.2. The van der Waals surface area contributed by atoms with Gasteiger partial charge in [-0.15, -0.1) is 0 Å². The van der Waals surface area contributed by atoms with E-state index in [1.165, 1.54) is 45.6 Å². The molecule has 4 saturated carbocycles. The third-order valence-corrected chi connectivity index (χ3v) is 7.62. The molecule has 2 aromatic rings. The van der Waals surface area contributed by atoms with Gasteiger partial charge in [-0.3, -0.25) is 0 Å². The van der Waals surface area contributed by atoms with Crippen molar-refractivity contribution in [2.45, 2.75) is 57.1 Å². The van der Waals surface area contributed by atoms with E-state index < -0.39 is 0 Å². The second kappa shape index (κ2) is 7.35. The molecular weight excluding hydrogens is 408 g/mol. The Morgan fingerprint density at radius 1 is 1.12 bits per heavy atom. The fraction of sp³-hybridized carbons (Fsp3) is 0.652. The number of likely N-dealkylation sites (tertiary alicyclic amines) is 1. The molecule has 9 nitrogen and oxygen atoms in total. The Labute approximate surface area is 187 Å². The van der Waals surface area contributed by atoms with Crippen molar-refractivity contribution in [3.63, 3.8) is 0 Å². The van der Waals surface area contributed by atoms with Crippen LogP contribution in [0.5, 0.6) is 5.88 Å². The molecule has 1 aliphatic heterocycles. The summed E-state index contributed by atoms with van der Waals surface area (Å²) in [6.45, 7) is 2.93. The molecule has 0 spiro atoms. The Morgan fingerprint density at radius 3 is 2.41 bits per heavy atom. The summed E-state index contributed by atoms with van der Waals surface area (Å²) in [5.74, 6) is 4.33. The first kappa shape index (κ1) is 19.8. The molecule has 0 unspecified atom stereocenters. The number of aryl methyl sites for hydroxylation is 1.